The quantitative estimate of drug-likeness (QED) is 0.835. The lowest BCUT2D eigenvalue weighted by molar-refractivity contribution is 0.284. The van der Waals surface area contributed by atoms with Gasteiger partial charge in [-0.15, -0.1) is 0 Å². The van der Waals surface area contributed by atoms with Crippen LogP contribution in [0.15, 0.2) is 18.2 Å². The van der Waals surface area contributed by atoms with Crippen molar-refractivity contribution in [2.45, 2.75) is 31.7 Å². The van der Waals surface area contributed by atoms with Crippen molar-refractivity contribution in [3.05, 3.63) is 29.6 Å². The fourth-order valence-electron chi connectivity index (χ4n) is 2.42. The van der Waals surface area contributed by atoms with Crippen LogP contribution < -0.4 is 10.1 Å². The van der Waals surface area contributed by atoms with Gasteiger partial charge in [-0.1, -0.05) is 6.07 Å². The predicted octanol–water partition coefficient (Wildman–Crippen LogP) is 3.29. The Bertz CT molecular complexity index is 427. The highest BCUT2D eigenvalue weighted by atomic mass is 19.1. The Morgan fingerprint density at radius 1 is 1.33 bits per heavy atom. The van der Waals surface area contributed by atoms with E-state index in [1.54, 1.807) is 0 Å². The van der Waals surface area contributed by atoms with Gasteiger partial charge in [-0.05, 0) is 62.3 Å². The van der Waals surface area contributed by atoms with E-state index in [4.69, 9.17) is 4.74 Å². The zero-order chi connectivity index (χ0) is 12.5. The monoisotopic (exact) mass is 249 g/mol. The number of ether oxygens (including phenoxy) is 1. The summed E-state index contributed by atoms with van der Waals surface area (Å²) in [7, 11) is 1.97. The summed E-state index contributed by atoms with van der Waals surface area (Å²) in [6.07, 6.45) is 4.98. The second-order valence-corrected chi connectivity index (χ2v) is 5.55. The lowest BCUT2D eigenvalue weighted by atomic mass is 10.0. The smallest absolute Gasteiger partial charge is 0.165 e. The van der Waals surface area contributed by atoms with Gasteiger partial charge in [0, 0.05) is 6.04 Å². The third-order valence-corrected chi connectivity index (χ3v) is 3.89. The summed E-state index contributed by atoms with van der Waals surface area (Å²) in [5, 5.41) is 3.33. The standard InChI is InChI=1S/C15H20FNO/c1-17-15(11-4-5-11)12-6-7-13(16)14(8-12)18-9-10-2-3-10/h6-8,10-11,15,17H,2-5,9H2,1H3. The van der Waals surface area contributed by atoms with Crippen molar-refractivity contribution in [3.8, 4) is 5.75 Å². The molecule has 1 aromatic rings. The molecule has 0 saturated heterocycles. The minimum absolute atomic E-state index is 0.245. The Balaban J connectivity index is 1.74. The first-order chi connectivity index (χ1) is 8.78. The molecule has 0 spiro atoms. The second-order valence-electron chi connectivity index (χ2n) is 5.55. The molecule has 0 aliphatic heterocycles. The predicted molar refractivity (Wildman–Crippen MR) is 69.1 cm³/mol. The van der Waals surface area contributed by atoms with Crippen molar-refractivity contribution < 1.29 is 9.13 Å². The van der Waals surface area contributed by atoms with Crippen molar-refractivity contribution in [1.82, 2.24) is 5.32 Å². The van der Waals surface area contributed by atoms with E-state index in [0.29, 0.717) is 30.2 Å². The molecular weight excluding hydrogens is 229 g/mol. The Hall–Kier alpha value is -1.09. The SMILES string of the molecule is CNC(c1ccc(F)c(OCC2CC2)c1)C1CC1. The average molecular weight is 249 g/mol. The zero-order valence-corrected chi connectivity index (χ0v) is 10.8. The van der Waals surface area contributed by atoms with Crippen molar-refractivity contribution in [2.75, 3.05) is 13.7 Å². The lowest BCUT2D eigenvalue weighted by Crippen LogP contribution is -2.18. The summed E-state index contributed by atoms with van der Waals surface area (Å²) >= 11 is 0. The molecule has 1 unspecified atom stereocenters. The maximum Gasteiger partial charge on any atom is 0.165 e. The lowest BCUT2D eigenvalue weighted by Gasteiger charge is -2.17. The second kappa shape index (κ2) is 4.88. The van der Waals surface area contributed by atoms with Crippen LogP contribution in [-0.2, 0) is 0 Å². The third-order valence-electron chi connectivity index (χ3n) is 3.89. The van der Waals surface area contributed by atoms with E-state index in [2.05, 4.69) is 5.32 Å². The van der Waals surface area contributed by atoms with Gasteiger partial charge < -0.3 is 10.1 Å². The highest BCUT2D eigenvalue weighted by Gasteiger charge is 2.31. The molecule has 0 heterocycles. The Kier molecular flexibility index (Phi) is 3.25. The molecule has 2 aliphatic rings. The van der Waals surface area contributed by atoms with E-state index >= 15 is 0 Å². The van der Waals surface area contributed by atoms with Gasteiger partial charge in [0.05, 0.1) is 6.61 Å². The van der Waals surface area contributed by atoms with Crippen molar-refractivity contribution in [3.63, 3.8) is 0 Å². The van der Waals surface area contributed by atoms with Crippen LogP contribution in [0.5, 0.6) is 5.75 Å². The largest absolute Gasteiger partial charge is 0.490 e. The van der Waals surface area contributed by atoms with Gasteiger partial charge in [0.2, 0.25) is 0 Å². The summed E-state index contributed by atoms with van der Waals surface area (Å²) < 4.78 is 19.3. The number of benzene rings is 1. The summed E-state index contributed by atoms with van der Waals surface area (Å²) in [5.41, 5.74) is 1.15. The third kappa shape index (κ3) is 2.66. The molecule has 3 rings (SSSR count). The zero-order valence-electron chi connectivity index (χ0n) is 10.8. The van der Waals surface area contributed by atoms with Gasteiger partial charge in [-0.25, -0.2) is 4.39 Å². The van der Waals surface area contributed by atoms with E-state index in [1.807, 2.05) is 19.2 Å². The number of rotatable bonds is 6. The average Bonchev–Trinajstić information content (AvgIpc) is 3.24. The normalized spacial score (nSPS) is 20.8. The first-order valence-corrected chi connectivity index (χ1v) is 6.87. The minimum atomic E-state index is -0.245. The summed E-state index contributed by atoms with van der Waals surface area (Å²) in [5.74, 6) is 1.53. The molecule has 1 aromatic carbocycles. The Morgan fingerprint density at radius 3 is 2.72 bits per heavy atom. The summed E-state index contributed by atoms with van der Waals surface area (Å²) in [6.45, 7) is 0.661. The highest BCUT2D eigenvalue weighted by molar-refractivity contribution is 5.33. The maximum atomic E-state index is 13.7. The molecule has 1 atom stereocenters. The minimum Gasteiger partial charge on any atom is -0.490 e. The van der Waals surface area contributed by atoms with Crippen LogP contribution in [0.4, 0.5) is 4.39 Å². The molecule has 2 aliphatic carbocycles. The molecule has 3 heteroatoms. The van der Waals surface area contributed by atoms with Crippen LogP contribution >= 0.6 is 0 Å². The summed E-state index contributed by atoms with van der Waals surface area (Å²) in [4.78, 5) is 0. The topological polar surface area (TPSA) is 21.3 Å². The molecule has 1 N–H and O–H groups in total. The van der Waals surface area contributed by atoms with Crippen LogP contribution in [-0.4, -0.2) is 13.7 Å². The molecule has 0 amide bonds. The van der Waals surface area contributed by atoms with E-state index < -0.39 is 0 Å². The molecule has 2 nitrogen and oxygen atoms in total. The molecule has 18 heavy (non-hydrogen) atoms. The van der Waals surface area contributed by atoms with Gasteiger partial charge in [0.25, 0.3) is 0 Å². The fraction of sp³-hybridized carbons (Fsp3) is 0.600. The van der Waals surface area contributed by atoms with Gasteiger partial charge in [0.1, 0.15) is 0 Å². The molecule has 0 bridgehead atoms. The molecule has 2 saturated carbocycles. The van der Waals surface area contributed by atoms with Crippen molar-refractivity contribution in [1.29, 1.82) is 0 Å². The van der Waals surface area contributed by atoms with Crippen molar-refractivity contribution in [2.24, 2.45) is 11.8 Å². The van der Waals surface area contributed by atoms with Gasteiger partial charge in [-0.3, -0.25) is 0 Å². The van der Waals surface area contributed by atoms with E-state index in [-0.39, 0.29) is 5.82 Å². The Morgan fingerprint density at radius 2 is 2.11 bits per heavy atom. The van der Waals surface area contributed by atoms with Crippen LogP contribution in [0.1, 0.15) is 37.3 Å². The highest BCUT2D eigenvalue weighted by Crippen LogP contribution is 2.41. The fourth-order valence-corrected chi connectivity index (χ4v) is 2.42. The number of halogens is 1. The summed E-state index contributed by atoms with van der Waals surface area (Å²) in [6, 6.07) is 5.62. The first kappa shape index (κ1) is 12.0. The van der Waals surface area contributed by atoms with Crippen LogP contribution in [0.25, 0.3) is 0 Å². The van der Waals surface area contributed by atoms with Gasteiger partial charge >= 0.3 is 0 Å². The molecule has 0 radical (unpaired) electrons. The van der Waals surface area contributed by atoms with Crippen LogP contribution in [0, 0.1) is 17.7 Å². The maximum absolute atomic E-state index is 13.7. The first-order valence-electron chi connectivity index (χ1n) is 6.87. The van der Waals surface area contributed by atoms with Crippen molar-refractivity contribution >= 4 is 0 Å². The van der Waals surface area contributed by atoms with Crippen LogP contribution in [0.2, 0.25) is 0 Å². The van der Waals surface area contributed by atoms with E-state index in [1.165, 1.54) is 31.7 Å². The van der Waals surface area contributed by atoms with Crippen LogP contribution in [0.3, 0.4) is 0 Å². The molecule has 2 fully saturated rings. The Labute approximate surface area is 108 Å². The molecule has 98 valence electrons. The molecular formula is C15H20FNO. The van der Waals surface area contributed by atoms with E-state index in [9.17, 15) is 4.39 Å². The van der Waals surface area contributed by atoms with Gasteiger partial charge in [-0.2, -0.15) is 0 Å². The number of hydrogen-bond donors (Lipinski definition) is 1. The molecule has 0 aromatic heterocycles. The number of hydrogen-bond acceptors (Lipinski definition) is 2. The van der Waals surface area contributed by atoms with Gasteiger partial charge in [0.15, 0.2) is 11.6 Å². The number of nitrogens with one attached hydrogen (secondary N) is 1. The van der Waals surface area contributed by atoms with E-state index in [0.717, 1.165) is 5.56 Å².